The number of hydrogen-bond acceptors (Lipinski definition) is 4. The zero-order valence-corrected chi connectivity index (χ0v) is 18.9. The highest BCUT2D eigenvalue weighted by Crippen LogP contribution is 2.38. The monoisotopic (exact) mass is 440 g/mol. The molecule has 6 heteroatoms. The van der Waals surface area contributed by atoms with Gasteiger partial charge in [-0.15, -0.1) is 11.3 Å². The lowest BCUT2D eigenvalue weighted by atomic mass is 9.85. The molecular formula is C24H25ClN2O2S. The molecule has 1 aromatic heterocycles. The third kappa shape index (κ3) is 3.96. The Morgan fingerprint density at radius 2 is 2.00 bits per heavy atom. The summed E-state index contributed by atoms with van der Waals surface area (Å²) in [6, 6.07) is 13.5. The van der Waals surface area contributed by atoms with Crippen LogP contribution in [0.4, 0.5) is 0 Å². The third-order valence-electron chi connectivity index (χ3n) is 5.61. The normalized spacial score (nSPS) is 16.4. The molecule has 1 aliphatic heterocycles. The Hall–Kier alpha value is -2.37. The number of rotatable bonds is 3. The van der Waals surface area contributed by atoms with Crippen molar-refractivity contribution in [3.8, 4) is 5.75 Å². The molecule has 0 aliphatic carbocycles. The van der Waals surface area contributed by atoms with Gasteiger partial charge < -0.3 is 10.0 Å². The van der Waals surface area contributed by atoms with E-state index in [1.807, 2.05) is 46.8 Å². The number of fused-ring (bicyclic) bond motifs is 1. The van der Waals surface area contributed by atoms with Crippen LogP contribution in [-0.2, 0) is 23.1 Å². The number of thiazole rings is 1. The van der Waals surface area contributed by atoms with Crippen molar-refractivity contribution in [2.45, 2.75) is 45.1 Å². The van der Waals surface area contributed by atoms with E-state index in [-0.39, 0.29) is 34.6 Å². The zero-order chi connectivity index (χ0) is 21.5. The molecule has 3 aromatic rings. The maximum Gasteiger partial charge on any atom is 0.227 e. The number of phenolic OH excluding ortho intramolecular Hbond substituents is 1. The lowest BCUT2D eigenvalue weighted by molar-refractivity contribution is -0.132. The molecule has 1 unspecified atom stereocenters. The van der Waals surface area contributed by atoms with Gasteiger partial charge in [0.1, 0.15) is 11.8 Å². The van der Waals surface area contributed by atoms with Crippen molar-refractivity contribution in [2.24, 2.45) is 0 Å². The topological polar surface area (TPSA) is 53.4 Å². The number of benzene rings is 2. The summed E-state index contributed by atoms with van der Waals surface area (Å²) in [7, 11) is 0. The number of aromatic hydroxyl groups is 1. The van der Waals surface area contributed by atoms with Crippen LogP contribution in [-0.4, -0.2) is 27.4 Å². The van der Waals surface area contributed by atoms with Crippen LogP contribution in [0, 0.1) is 0 Å². The van der Waals surface area contributed by atoms with Gasteiger partial charge in [-0.25, -0.2) is 4.98 Å². The molecule has 1 amide bonds. The van der Waals surface area contributed by atoms with Gasteiger partial charge in [-0.2, -0.15) is 0 Å². The fourth-order valence-electron chi connectivity index (χ4n) is 3.92. The molecule has 0 saturated carbocycles. The minimum absolute atomic E-state index is 0.0133. The lowest BCUT2D eigenvalue weighted by Crippen LogP contribution is -2.41. The van der Waals surface area contributed by atoms with Gasteiger partial charge in [0, 0.05) is 23.4 Å². The number of phenols is 1. The first kappa shape index (κ1) is 20.9. The average molecular weight is 441 g/mol. The first-order valence-corrected chi connectivity index (χ1v) is 11.3. The largest absolute Gasteiger partial charge is 0.506 e. The quantitative estimate of drug-likeness (QED) is 0.583. The standard InChI is InChI=1S/C24H25ClN2O2S/c1-24(2,3)17-11-16(23(29)18(25)13-17)12-20(28)27-10-9-19-21(26-14-30-19)22(27)15-7-5-4-6-8-15/h4-8,11,13-14,22,29H,9-10,12H2,1-3H3. The molecule has 30 heavy (non-hydrogen) atoms. The Balaban J connectivity index is 1.69. The third-order valence-corrected chi connectivity index (χ3v) is 6.81. The van der Waals surface area contributed by atoms with Gasteiger partial charge in [-0.05, 0) is 22.6 Å². The fraction of sp³-hybridized carbons (Fsp3) is 0.333. The van der Waals surface area contributed by atoms with Crippen LogP contribution in [0.15, 0.2) is 48.0 Å². The number of aromatic nitrogens is 1. The predicted octanol–water partition coefficient (Wildman–Crippen LogP) is 5.52. The van der Waals surface area contributed by atoms with E-state index in [4.69, 9.17) is 11.6 Å². The van der Waals surface area contributed by atoms with E-state index in [1.165, 1.54) is 4.88 Å². The minimum Gasteiger partial charge on any atom is -0.506 e. The van der Waals surface area contributed by atoms with Crippen molar-refractivity contribution in [1.29, 1.82) is 0 Å². The second kappa shape index (κ2) is 8.05. The zero-order valence-electron chi connectivity index (χ0n) is 17.4. The van der Waals surface area contributed by atoms with Gasteiger partial charge in [-0.3, -0.25) is 4.79 Å². The molecule has 0 bridgehead atoms. The highest BCUT2D eigenvalue weighted by atomic mass is 35.5. The minimum atomic E-state index is -0.211. The van der Waals surface area contributed by atoms with E-state index in [0.717, 1.165) is 23.2 Å². The first-order chi connectivity index (χ1) is 14.3. The van der Waals surface area contributed by atoms with Gasteiger partial charge in [0.2, 0.25) is 5.91 Å². The van der Waals surface area contributed by atoms with Gasteiger partial charge in [0.15, 0.2) is 0 Å². The maximum atomic E-state index is 13.5. The van der Waals surface area contributed by atoms with Crippen molar-refractivity contribution in [1.82, 2.24) is 9.88 Å². The molecule has 1 atom stereocenters. The Morgan fingerprint density at radius 3 is 2.70 bits per heavy atom. The highest BCUT2D eigenvalue weighted by Gasteiger charge is 2.34. The Kier molecular flexibility index (Phi) is 5.60. The molecule has 1 N–H and O–H groups in total. The van der Waals surface area contributed by atoms with Crippen molar-refractivity contribution < 1.29 is 9.90 Å². The molecule has 156 valence electrons. The van der Waals surface area contributed by atoms with Crippen molar-refractivity contribution in [3.63, 3.8) is 0 Å². The van der Waals surface area contributed by atoms with Gasteiger partial charge >= 0.3 is 0 Å². The van der Waals surface area contributed by atoms with E-state index in [9.17, 15) is 9.90 Å². The van der Waals surface area contributed by atoms with E-state index >= 15 is 0 Å². The number of amides is 1. The Labute approximate surface area is 186 Å². The SMILES string of the molecule is CC(C)(C)c1cc(Cl)c(O)c(CC(=O)N2CCc3scnc3C2c2ccccc2)c1. The average Bonchev–Trinajstić information content (AvgIpc) is 3.19. The van der Waals surface area contributed by atoms with E-state index in [1.54, 1.807) is 17.4 Å². The molecular weight excluding hydrogens is 416 g/mol. The predicted molar refractivity (Wildman–Crippen MR) is 121 cm³/mol. The van der Waals surface area contributed by atoms with Crippen molar-refractivity contribution in [3.05, 3.63) is 80.3 Å². The van der Waals surface area contributed by atoms with E-state index in [2.05, 4.69) is 25.8 Å². The molecule has 4 rings (SSSR count). The van der Waals surface area contributed by atoms with E-state index in [0.29, 0.717) is 12.1 Å². The Morgan fingerprint density at radius 1 is 1.27 bits per heavy atom. The van der Waals surface area contributed by atoms with Crippen LogP contribution >= 0.6 is 22.9 Å². The lowest BCUT2D eigenvalue weighted by Gasteiger charge is -2.35. The molecule has 0 fully saturated rings. The number of carbonyl (C=O) groups is 1. The highest BCUT2D eigenvalue weighted by molar-refractivity contribution is 7.09. The Bertz CT molecular complexity index is 1070. The summed E-state index contributed by atoms with van der Waals surface area (Å²) in [4.78, 5) is 21.2. The van der Waals surface area contributed by atoms with Gasteiger partial charge in [0.25, 0.3) is 0 Å². The molecule has 1 aliphatic rings. The van der Waals surface area contributed by atoms with Gasteiger partial charge in [0.05, 0.1) is 22.6 Å². The number of carbonyl (C=O) groups excluding carboxylic acids is 1. The summed E-state index contributed by atoms with van der Waals surface area (Å²) in [5.41, 5.74) is 5.27. The second-order valence-corrected chi connectivity index (χ2v) is 10.1. The molecule has 2 aromatic carbocycles. The molecule has 4 nitrogen and oxygen atoms in total. The number of nitrogens with zero attached hydrogens (tertiary/aromatic N) is 2. The fourth-order valence-corrected chi connectivity index (χ4v) is 4.94. The van der Waals surface area contributed by atoms with Crippen LogP contribution in [0.2, 0.25) is 5.02 Å². The summed E-state index contributed by atoms with van der Waals surface area (Å²) in [5.74, 6) is -0.0550. The molecule has 0 radical (unpaired) electrons. The first-order valence-electron chi connectivity index (χ1n) is 10.0. The van der Waals surface area contributed by atoms with Crippen molar-refractivity contribution >= 4 is 28.8 Å². The smallest absolute Gasteiger partial charge is 0.227 e. The number of halogens is 1. The van der Waals surface area contributed by atoms with E-state index < -0.39 is 0 Å². The van der Waals surface area contributed by atoms with Gasteiger partial charge in [-0.1, -0.05) is 68.8 Å². The maximum absolute atomic E-state index is 13.5. The van der Waals surface area contributed by atoms with Crippen LogP contribution in [0.25, 0.3) is 0 Å². The van der Waals surface area contributed by atoms with Crippen LogP contribution in [0.1, 0.15) is 54.1 Å². The summed E-state index contributed by atoms with van der Waals surface area (Å²) in [6.07, 6.45) is 0.891. The van der Waals surface area contributed by atoms with Crippen LogP contribution in [0.5, 0.6) is 5.75 Å². The van der Waals surface area contributed by atoms with Crippen LogP contribution < -0.4 is 0 Å². The number of hydrogen-bond donors (Lipinski definition) is 1. The molecule has 0 saturated heterocycles. The second-order valence-electron chi connectivity index (χ2n) is 8.70. The summed E-state index contributed by atoms with van der Waals surface area (Å²) in [5, 5.41) is 10.8. The summed E-state index contributed by atoms with van der Waals surface area (Å²) >= 11 is 7.93. The molecule has 2 heterocycles. The summed E-state index contributed by atoms with van der Waals surface area (Å²) < 4.78 is 0. The van der Waals surface area contributed by atoms with Crippen molar-refractivity contribution in [2.75, 3.05) is 6.54 Å². The summed E-state index contributed by atoms with van der Waals surface area (Å²) in [6.45, 7) is 6.88. The molecule has 0 spiro atoms. The van der Waals surface area contributed by atoms with Crippen LogP contribution in [0.3, 0.4) is 0 Å².